The molecule has 0 bridgehead atoms. The van der Waals surface area contributed by atoms with Gasteiger partial charge in [-0.15, -0.1) is 0 Å². The molecule has 4 nitrogen and oxygen atoms in total. The highest BCUT2D eigenvalue weighted by Gasteiger charge is 2.13. The number of ether oxygens (including phenoxy) is 2. The summed E-state index contributed by atoms with van der Waals surface area (Å²) < 4.78 is 9.60. The van der Waals surface area contributed by atoms with Gasteiger partial charge in [-0.25, -0.2) is 4.79 Å². The van der Waals surface area contributed by atoms with Gasteiger partial charge in [0.05, 0.1) is 19.8 Å². The number of hydrogen-bond acceptors (Lipinski definition) is 4. The van der Waals surface area contributed by atoms with Crippen LogP contribution in [-0.2, 0) is 20.7 Å². The van der Waals surface area contributed by atoms with Gasteiger partial charge in [0.2, 0.25) is 0 Å². The zero-order chi connectivity index (χ0) is 13.5. The van der Waals surface area contributed by atoms with Crippen LogP contribution in [0.4, 0.5) is 0 Å². The molecule has 0 aliphatic heterocycles. The molecule has 0 aliphatic rings. The van der Waals surface area contributed by atoms with E-state index in [1.54, 1.807) is 13.2 Å². The summed E-state index contributed by atoms with van der Waals surface area (Å²) in [6.45, 7) is 1.34. The Morgan fingerprint density at radius 1 is 1.17 bits per heavy atom. The van der Waals surface area contributed by atoms with E-state index in [-0.39, 0.29) is 11.4 Å². The zero-order valence-electron chi connectivity index (χ0n) is 10.7. The van der Waals surface area contributed by atoms with Crippen molar-refractivity contribution < 1.29 is 19.1 Å². The summed E-state index contributed by atoms with van der Waals surface area (Å²) >= 11 is 0. The molecule has 0 fully saturated rings. The van der Waals surface area contributed by atoms with Crippen molar-refractivity contribution in [3.05, 3.63) is 41.5 Å². The second kappa shape index (κ2) is 6.59. The van der Waals surface area contributed by atoms with E-state index in [0.29, 0.717) is 6.42 Å². The van der Waals surface area contributed by atoms with E-state index in [9.17, 15) is 9.59 Å². The average Bonchev–Trinajstić information content (AvgIpc) is 2.39. The molecule has 18 heavy (non-hydrogen) atoms. The molecule has 4 heteroatoms. The number of carbonyl (C=O) groups is 2. The number of carbonyl (C=O) groups excluding carboxylic acids is 2. The minimum atomic E-state index is -0.601. The largest absolute Gasteiger partial charge is 0.497 e. The van der Waals surface area contributed by atoms with Gasteiger partial charge in [-0.05, 0) is 31.0 Å². The Hall–Kier alpha value is -2.10. The molecule has 1 aromatic carbocycles. The molecule has 0 aromatic heterocycles. The van der Waals surface area contributed by atoms with Crippen LogP contribution < -0.4 is 4.74 Å². The van der Waals surface area contributed by atoms with Crippen molar-refractivity contribution in [2.75, 3.05) is 14.2 Å². The zero-order valence-corrected chi connectivity index (χ0v) is 10.7. The third kappa shape index (κ3) is 3.73. The Morgan fingerprint density at radius 3 is 2.22 bits per heavy atom. The molecule has 1 rings (SSSR count). The van der Waals surface area contributed by atoms with Crippen LogP contribution in [0.2, 0.25) is 0 Å². The Morgan fingerprint density at radius 2 is 1.78 bits per heavy atom. The second-order valence-electron chi connectivity index (χ2n) is 3.72. The van der Waals surface area contributed by atoms with Gasteiger partial charge in [0.15, 0.2) is 5.78 Å². The first-order chi connectivity index (χ1) is 8.58. The van der Waals surface area contributed by atoms with Gasteiger partial charge in [-0.3, -0.25) is 4.79 Å². The van der Waals surface area contributed by atoms with E-state index in [1.807, 2.05) is 24.3 Å². The fraction of sp³-hybridized carbons (Fsp3) is 0.286. The lowest BCUT2D eigenvalue weighted by Gasteiger charge is -2.03. The SMILES string of the molecule is COC(=O)C(=CCc1ccc(OC)cc1)C(C)=O. The van der Waals surface area contributed by atoms with Crippen LogP contribution in [-0.4, -0.2) is 26.0 Å². The molecule has 0 saturated heterocycles. The summed E-state index contributed by atoms with van der Waals surface area (Å²) in [7, 11) is 2.85. The number of methoxy groups -OCH3 is 2. The van der Waals surface area contributed by atoms with Crippen molar-refractivity contribution in [1.29, 1.82) is 0 Å². The highest BCUT2D eigenvalue weighted by molar-refractivity contribution is 6.16. The first-order valence-electron chi connectivity index (χ1n) is 5.50. The summed E-state index contributed by atoms with van der Waals surface area (Å²) in [6.07, 6.45) is 2.07. The van der Waals surface area contributed by atoms with Crippen LogP contribution in [0.1, 0.15) is 12.5 Å². The van der Waals surface area contributed by atoms with Gasteiger partial charge in [0, 0.05) is 0 Å². The number of Topliss-reactive ketones (excluding diaryl/α,β-unsaturated/α-hetero) is 1. The summed E-state index contributed by atoms with van der Waals surface area (Å²) in [6, 6.07) is 7.41. The maximum absolute atomic E-state index is 11.3. The monoisotopic (exact) mass is 248 g/mol. The van der Waals surface area contributed by atoms with Crippen LogP contribution in [0.5, 0.6) is 5.75 Å². The second-order valence-corrected chi connectivity index (χ2v) is 3.72. The quantitative estimate of drug-likeness (QED) is 0.346. The minimum Gasteiger partial charge on any atom is -0.497 e. The lowest BCUT2D eigenvalue weighted by Crippen LogP contribution is -2.12. The first kappa shape index (κ1) is 14.0. The normalized spacial score (nSPS) is 10.9. The Kier molecular flexibility index (Phi) is 5.11. The third-order valence-corrected chi connectivity index (χ3v) is 2.49. The van der Waals surface area contributed by atoms with Crippen molar-refractivity contribution in [1.82, 2.24) is 0 Å². The number of hydrogen-bond donors (Lipinski definition) is 0. The molecule has 0 amide bonds. The first-order valence-corrected chi connectivity index (χ1v) is 5.50. The molecule has 0 heterocycles. The topological polar surface area (TPSA) is 52.6 Å². The summed E-state index contributed by atoms with van der Waals surface area (Å²) in [5.74, 6) is -0.131. The van der Waals surface area contributed by atoms with Gasteiger partial charge in [-0.1, -0.05) is 18.2 Å². The van der Waals surface area contributed by atoms with Gasteiger partial charge in [-0.2, -0.15) is 0 Å². The minimum absolute atomic E-state index is 0.0771. The smallest absolute Gasteiger partial charge is 0.341 e. The molecule has 1 aromatic rings. The highest BCUT2D eigenvalue weighted by Crippen LogP contribution is 2.13. The van der Waals surface area contributed by atoms with Crippen LogP contribution >= 0.6 is 0 Å². The van der Waals surface area contributed by atoms with E-state index in [4.69, 9.17) is 4.74 Å². The Balaban J connectivity index is 2.81. The lowest BCUT2D eigenvalue weighted by atomic mass is 10.1. The van der Waals surface area contributed by atoms with E-state index >= 15 is 0 Å². The van der Waals surface area contributed by atoms with Gasteiger partial charge in [0.1, 0.15) is 5.75 Å². The van der Waals surface area contributed by atoms with E-state index < -0.39 is 5.97 Å². The molecule has 0 spiro atoms. The molecule has 0 saturated carbocycles. The van der Waals surface area contributed by atoms with Crippen LogP contribution in [0, 0.1) is 0 Å². The summed E-state index contributed by atoms with van der Waals surface area (Å²) in [4.78, 5) is 22.6. The summed E-state index contributed by atoms with van der Waals surface area (Å²) in [5.41, 5.74) is 1.06. The number of benzene rings is 1. The lowest BCUT2D eigenvalue weighted by molar-refractivity contribution is -0.137. The van der Waals surface area contributed by atoms with Crippen LogP contribution in [0.3, 0.4) is 0 Å². The predicted octanol–water partition coefficient (Wildman–Crippen LogP) is 1.93. The maximum Gasteiger partial charge on any atom is 0.341 e. The predicted molar refractivity (Wildman–Crippen MR) is 67.5 cm³/mol. The number of allylic oxidation sites excluding steroid dienone is 1. The summed E-state index contributed by atoms with van der Waals surface area (Å²) in [5, 5.41) is 0. The average molecular weight is 248 g/mol. The van der Waals surface area contributed by atoms with Crippen molar-refractivity contribution >= 4 is 11.8 Å². The van der Waals surface area contributed by atoms with Gasteiger partial charge in [0.25, 0.3) is 0 Å². The number of esters is 1. The van der Waals surface area contributed by atoms with Gasteiger partial charge < -0.3 is 9.47 Å². The molecule has 0 atom stereocenters. The fourth-order valence-corrected chi connectivity index (χ4v) is 1.46. The standard InChI is InChI=1S/C14H16O4/c1-10(15)13(14(16)18-3)9-6-11-4-7-12(17-2)8-5-11/h4-5,7-9H,6H2,1-3H3. The van der Waals surface area contributed by atoms with Crippen LogP contribution in [0.15, 0.2) is 35.9 Å². The molecule has 0 unspecified atom stereocenters. The molecule has 0 radical (unpaired) electrons. The van der Waals surface area contributed by atoms with Crippen molar-refractivity contribution in [2.24, 2.45) is 0 Å². The molecule has 96 valence electrons. The third-order valence-electron chi connectivity index (χ3n) is 2.49. The molecule has 0 N–H and O–H groups in total. The molecule has 0 aliphatic carbocycles. The van der Waals surface area contributed by atoms with Crippen molar-refractivity contribution in [3.63, 3.8) is 0 Å². The van der Waals surface area contributed by atoms with Crippen molar-refractivity contribution in [2.45, 2.75) is 13.3 Å². The van der Waals surface area contributed by atoms with Gasteiger partial charge >= 0.3 is 5.97 Å². The highest BCUT2D eigenvalue weighted by atomic mass is 16.5. The molecular formula is C14H16O4. The number of ketones is 1. The fourth-order valence-electron chi connectivity index (χ4n) is 1.46. The molecular weight excluding hydrogens is 232 g/mol. The van der Waals surface area contributed by atoms with Crippen LogP contribution in [0.25, 0.3) is 0 Å². The van der Waals surface area contributed by atoms with E-state index in [1.165, 1.54) is 14.0 Å². The Labute approximate surface area is 106 Å². The maximum atomic E-state index is 11.3. The van der Waals surface area contributed by atoms with E-state index in [2.05, 4.69) is 4.74 Å². The number of rotatable bonds is 5. The Bertz CT molecular complexity index is 457. The van der Waals surface area contributed by atoms with Crippen molar-refractivity contribution in [3.8, 4) is 5.75 Å². The van der Waals surface area contributed by atoms with E-state index in [0.717, 1.165) is 11.3 Å².